The molecule has 36 heavy (non-hydrogen) atoms. The number of amides is 1. The summed E-state index contributed by atoms with van der Waals surface area (Å²) in [5, 5.41) is 2.04. The van der Waals surface area contributed by atoms with Crippen LogP contribution in [0.1, 0.15) is 65.1 Å². The number of ether oxygens (including phenoxy) is 1. The van der Waals surface area contributed by atoms with Crippen LogP contribution < -0.4 is 10.1 Å². The molecule has 0 atom stereocenters. The molecule has 4 rings (SSSR count). The summed E-state index contributed by atoms with van der Waals surface area (Å²) >= 11 is 12.1. The predicted molar refractivity (Wildman–Crippen MR) is 130 cm³/mol. The number of hydrogen-bond acceptors (Lipinski definition) is 3. The number of alkyl halides is 4. The van der Waals surface area contributed by atoms with Gasteiger partial charge < -0.3 is 10.1 Å². The van der Waals surface area contributed by atoms with Crippen LogP contribution in [0.3, 0.4) is 0 Å². The second-order valence-electron chi connectivity index (χ2n) is 8.59. The van der Waals surface area contributed by atoms with E-state index in [-0.39, 0.29) is 38.4 Å². The van der Waals surface area contributed by atoms with Crippen molar-refractivity contribution in [2.75, 3.05) is 6.54 Å². The number of halogens is 6. The fourth-order valence-electron chi connectivity index (χ4n) is 4.24. The van der Waals surface area contributed by atoms with E-state index in [1.165, 1.54) is 24.3 Å². The van der Waals surface area contributed by atoms with Gasteiger partial charge in [0.2, 0.25) is 0 Å². The Morgan fingerprint density at radius 2 is 1.86 bits per heavy atom. The first kappa shape index (κ1) is 26.2. The van der Waals surface area contributed by atoms with Crippen LogP contribution in [-0.4, -0.2) is 17.4 Å². The summed E-state index contributed by atoms with van der Waals surface area (Å²) in [6, 6.07) is 10.8. The summed E-state index contributed by atoms with van der Waals surface area (Å²) in [7, 11) is 0. The molecule has 190 valence electrons. The highest BCUT2D eigenvalue weighted by molar-refractivity contribution is 6.31. The third kappa shape index (κ3) is 6.10. The lowest BCUT2D eigenvalue weighted by Crippen LogP contribution is -2.35. The lowest BCUT2D eigenvalue weighted by atomic mass is 9.95. The van der Waals surface area contributed by atoms with Gasteiger partial charge in [-0.15, -0.1) is 0 Å². The van der Waals surface area contributed by atoms with Crippen LogP contribution in [-0.2, 0) is 5.92 Å². The maximum atomic E-state index is 15.0. The largest absolute Gasteiger partial charge is 0.455 e. The van der Waals surface area contributed by atoms with Gasteiger partial charge in [-0.1, -0.05) is 60.3 Å². The minimum atomic E-state index is -3.45. The van der Waals surface area contributed by atoms with E-state index in [2.05, 4.69) is 10.3 Å². The zero-order valence-corrected chi connectivity index (χ0v) is 20.4. The Labute approximate surface area is 215 Å². The first-order valence-electron chi connectivity index (χ1n) is 11.3. The van der Waals surface area contributed by atoms with Crippen molar-refractivity contribution in [3.05, 3.63) is 87.2 Å². The summed E-state index contributed by atoms with van der Waals surface area (Å²) in [5.41, 5.74) is 0.0799. The SMILES string of the molecule is O=C(NCC(F)(F)c1ccc(C2CCCC2)cc1Cl)c1cc(Cl)ncc1Oc1cccc(C(F)F)c1. The van der Waals surface area contributed by atoms with Crippen LogP contribution in [0.25, 0.3) is 0 Å². The van der Waals surface area contributed by atoms with Gasteiger partial charge in [-0.05, 0) is 48.6 Å². The molecule has 4 nitrogen and oxygen atoms in total. The zero-order valence-electron chi connectivity index (χ0n) is 18.9. The van der Waals surface area contributed by atoms with Crippen molar-refractivity contribution in [3.8, 4) is 11.5 Å². The maximum absolute atomic E-state index is 15.0. The van der Waals surface area contributed by atoms with E-state index in [0.717, 1.165) is 49.6 Å². The topological polar surface area (TPSA) is 51.2 Å². The molecule has 0 radical (unpaired) electrons. The van der Waals surface area contributed by atoms with Gasteiger partial charge in [-0.25, -0.2) is 13.8 Å². The molecule has 0 spiro atoms. The van der Waals surface area contributed by atoms with E-state index in [0.29, 0.717) is 5.92 Å². The summed E-state index contributed by atoms with van der Waals surface area (Å²) in [6.07, 6.45) is 2.62. The number of benzene rings is 2. The average molecular weight is 541 g/mol. The smallest absolute Gasteiger partial charge is 0.291 e. The Bertz CT molecular complexity index is 1250. The number of nitrogens with one attached hydrogen (secondary N) is 1. The molecule has 1 amide bonds. The standard InChI is InChI=1S/C26H22Cl2F4N2O2/c27-21-11-16(15-4-1-2-5-15)8-9-20(21)26(31,32)14-34-25(35)19-12-23(28)33-13-22(19)36-18-7-3-6-17(10-18)24(29)30/h3,6-13,15,24H,1-2,4-5,14H2,(H,34,35). The first-order chi connectivity index (χ1) is 17.1. The van der Waals surface area contributed by atoms with Gasteiger partial charge >= 0.3 is 0 Å². The maximum Gasteiger partial charge on any atom is 0.291 e. The van der Waals surface area contributed by atoms with E-state index in [9.17, 15) is 13.6 Å². The molecule has 0 bridgehead atoms. The van der Waals surface area contributed by atoms with Crippen molar-refractivity contribution in [2.24, 2.45) is 0 Å². The number of nitrogens with zero attached hydrogens (tertiary/aromatic N) is 1. The lowest BCUT2D eigenvalue weighted by molar-refractivity contribution is -0.00241. The molecule has 0 aliphatic heterocycles. The number of rotatable bonds is 8. The van der Waals surface area contributed by atoms with Gasteiger partial charge in [0, 0.05) is 11.1 Å². The average Bonchev–Trinajstić information content (AvgIpc) is 3.39. The quantitative estimate of drug-likeness (QED) is 0.231. The Hall–Kier alpha value is -2.84. The molecular weight excluding hydrogens is 519 g/mol. The van der Waals surface area contributed by atoms with E-state index >= 15 is 8.78 Å². The second kappa shape index (κ2) is 11.0. The van der Waals surface area contributed by atoms with Crippen molar-refractivity contribution >= 4 is 29.1 Å². The predicted octanol–water partition coefficient (Wildman–Crippen LogP) is 8.30. The Morgan fingerprint density at radius 3 is 2.56 bits per heavy atom. The number of aromatic nitrogens is 1. The minimum Gasteiger partial charge on any atom is -0.455 e. The van der Waals surface area contributed by atoms with Gasteiger partial charge in [0.05, 0.1) is 23.3 Å². The molecule has 1 heterocycles. The number of hydrogen-bond donors (Lipinski definition) is 1. The van der Waals surface area contributed by atoms with Crippen molar-refractivity contribution < 1.29 is 27.1 Å². The monoisotopic (exact) mass is 540 g/mol. The third-order valence-corrected chi connectivity index (χ3v) is 6.62. The van der Waals surface area contributed by atoms with Gasteiger partial charge in [-0.2, -0.15) is 8.78 Å². The third-order valence-electron chi connectivity index (χ3n) is 6.10. The van der Waals surface area contributed by atoms with Crippen LogP contribution in [0.4, 0.5) is 17.6 Å². The Balaban J connectivity index is 1.49. The number of carbonyl (C=O) groups excluding carboxylic acids is 1. The first-order valence-corrected chi connectivity index (χ1v) is 12.1. The van der Waals surface area contributed by atoms with Gasteiger partial charge in [0.1, 0.15) is 10.9 Å². The summed E-state index contributed by atoms with van der Waals surface area (Å²) in [5.74, 6) is -4.15. The van der Waals surface area contributed by atoms with Crippen LogP contribution in [0.15, 0.2) is 54.7 Å². The molecule has 1 aromatic heterocycles. The number of pyridine rings is 1. The normalized spacial score (nSPS) is 14.3. The molecule has 1 saturated carbocycles. The van der Waals surface area contributed by atoms with Gasteiger partial charge in [0.25, 0.3) is 18.3 Å². The molecule has 0 unspecified atom stereocenters. The van der Waals surface area contributed by atoms with Gasteiger partial charge in [0.15, 0.2) is 5.75 Å². The van der Waals surface area contributed by atoms with Crippen molar-refractivity contribution in [2.45, 2.75) is 43.9 Å². The second-order valence-corrected chi connectivity index (χ2v) is 9.38. The fourth-order valence-corrected chi connectivity index (χ4v) is 4.72. The van der Waals surface area contributed by atoms with Gasteiger partial charge in [-0.3, -0.25) is 4.79 Å². The van der Waals surface area contributed by atoms with Crippen molar-refractivity contribution in [1.29, 1.82) is 0 Å². The van der Waals surface area contributed by atoms with Crippen molar-refractivity contribution in [1.82, 2.24) is 10.3 Å². The van der Waals surface area contributed by atoms with Crippen LogP contribution in [0.5, 0.6) is 11.5 Å². The van der Waals surface area contributed by atoms with E-state index < -0.39 is 24.8 Å². The number of carbonyl (C=O) groups is 1. The zero-order chi connectivity index (χ0) is 25.9. The lowest BCUT2D eigenvalue weighted by Gasteiger charge is -2.21. The Kier molecular flexibility index (Phi) is 8.05. The summed E-state index contributed by atoms with van der Waals surface area (Å²) < 4.78 is 61.6. The van der Waals surface area contributed by atoms with E-state index in [1.54, 1.807) is 12.1 Å². The van der Waals surface area contributed by atoms with Crippen molar-refractivity contribution in [3.63, 3.8) is 0 Å². The summed E-state index contributed by atoms with van der Waals surface area (Å²) in [4.78, 5) is 16.6. The molecule has 1 fully saturated rings. The molecule has 2 aromatic carbocycles. The molecule has 1 aliphatic rings. The highest BCUT2D eigenvalue weighted by atomic mass is 35.5. The molecule has 1 aliphatic carbocycles. The molecular formula is C26H22Cl2F4N2O2. The molecule has 3 aromatic rings. The van der Waals surface area contributed by atoms with E-state index in [1.807, 2.05) is 0 Å². The van der Waals surface area contributed by atoms with Crippen LogP contribution >= 0.6 is 23.2 Å². The molecule has 1 N–H and O–H groups in total. The van der Waals surface area contributed by atoms with E-state index in [4.69, 9.17) is 27.9 Å². The fraction of sp³-hybridized carbons (Fsp3) is 0.308. The summed E-state index contributed by atoms with van der Waals surface area (Å²) in [6.45, 7) is -1.03. The highest BCUT2D eigenvalue weighted by Crippen LogP contribution is 2.39. The van der Waals surface area contributed by atoms with Crippen LogP contribution in [0.2, 0.25) is 10.2 Å². The molecule has 10 heteroatoms. The Morgan fingerprint density at radius 1 is 1.11 bits per heavy atom. The molecule has 0 saturated heterocycles. The van der Waals surface area contributed by atoms with Crippen LogP contribution in [0, 0.1) is 0 Å². The minimum absolute atomic E-state index is 0.0189. The highest BCUT2D eigenvalue weighted by Gasteiger charge is 2.35.